The number of amides is 1. The number of hydrogen-bond donors (Lipinski definition) is 2. The number of rotatable bonds is 8. The fourth-order valence-corrected chi connectivity index (χ4v) is 10.4. The quantitative estimate of drug-likeness (QED) is 0.245. The molecule has 6 nitrogen and oxygen atoms in total. The van der Waals surface area contributed by atoms with Crippen LogP contribution in [0.4, 0.5) is 0 Å². The van der Waals surface area contributed by atoms with Crippen molar-refractivity contribution in [1.82, 2.24) is 5.32 Å². The van der Waals surface area contributed by atoms with E-state index in [1.54, 1.807) is 0 Å². The number of terminal acetylenes is 1. The Morgan fingerprint density at radius 1 is 1.11 bits per heavy atom. The van der Waals surface area contributed by atoms with Gasteiger partial charge in [0.05, 0.1) is 11.8 Å². The lowest BCUT2D eigenvalue weighted by molar-refractivity contribution is -0.125. The number of nitrogens with one attached hydrogen (secondary N) is 1. The minimum atomic E-state index is -0.958. The standard InChI is InChI=1S/C39H54N2O4/c1-6-39(43)19-16-33-31-13-12-29-24-30(14-17-36(29,4)32(31)15-18-37(33,39)5)41-45-26-35(42)40-22-20-38(28-10-8-7-9-11-28)21-23-44-34(25-38)27(2)3/h1,7-11,24,27,31-34,43H,12-23,25-26H2,2-5H3,(H,40,42)/t31-,32+,33-,34+,36+,37+,38+,39+/m1/s1. The molecule has 5 aliphatic rings. The highest BCUT2D eigenvalue weighted by atomic mass is 16.6. The van der Waals surface area contributed by atoms with Crippen LogP contribution in [0.1, 0.15) is 104 Å². The fourth-order valence-electron chi connectivity index (χ4n) is 10.4. The van der Waals surface area contributed by atoms with Crippen LogP contribution in [0, 0.1) is 46.8 Å². The Kier molecular flexibility index (Phi) is 9.00. The number of oxime groups is 1. The van der Waals surface area contributed by atoms with Crippen molar-refractivity contribution in [3.8, 4) is 12.3 Å². The van der Waals surface area contributed by atoms with E-state index in [0.29, 0.717) is 30.2 Å². The molecule has 1 heterocycles. The average molecular weight is 615 g/mol. The highest BCUT2D eigenvalue weighted by molar-refractivity contribution is 5.96. The Labute approximate surface area is 270 Å². The number of nitrogens with zero attached hydrogens (tertiary/aromatic N) is 1. The van der Waals surface area contributed by atoms with Gasteiger partial charge in [0.25, 0.3) is 5.91 Å². The Morgan fingerprint density at radius 2 is 1.89 bits per heavy atom. The van der Waals surface area contributed by atoms with Gasteiger partial charge in [-0.05, 0) is 111 Å². The SMILES string of the molecule is C#C[C@]1(O)CC[C@@H]2[C@@H]3CCC4=CC(=NOCC(=O)NCC[C@]5(c6ccccc6)CCO[C@H](C(C)C)C5)CC[C@]4(C)[C@H]3CC[C@@]21C. The first kappa shape index (κ1) is 32.3. The largest absolute Gasteiger partial charge is 0.385 e. The summed E-state index contributed by atoms with van der Waals surface area (Å²) in [6, 6.07) is 10.7. The molecule has 1 aliphatic heterocycles. The first-order chi connectivity index (χ1) is 21.5. The zero-order valence-corrected chi connectivity index (χ0v) is 27.9. The van der Waals surface area contributed by atoms with E-state index in [9.17, 15) is 9.90 Å². The first-order valence-corrected chi connectivity index (χ1v) is 17.6. The van der Waals surface area contributed by atoms with Gasteiger partial charge in [0, 0.05) is 24.0 Å². The van der Waals surface area contributed by atoms with Crippen LogP contribution in [-0.2, 0) is 19.8 Å². The molecule has 1 saturated heterocycles. The second kappa shape index (κ2) is 12.5. The lowest BCUT2D eigenvalue weighted by Gasteiger charge is -2.58. The average Bonchev–Trinajstić information content (AvgIpc) is 3.32. The minimum absolute atomic E-state index is 0.00000715. The molecule has 0 bridgehead atoms. The van der Waals surface area contributed by atoms with Gasteiger partial charge >= 0.3 is 0 Å². The van der Waals surface area contributed by atoms with Crippen LogP contribution in [0.15, 0.2) is 47.1 Å². The summed E-state index contributed by atoms with van der Waals surface area (Å²) in [5.74, 6) is 4.86. The van der Waals surface area contributed by atoms with Gasteiger partial charge in [-0.15, -0.1) is 6.42 Å². The van der Waals surface area contributed by atoms with Crippen LogP contribution in [-0.4, -0.2) is 48.2 Å². The van der Waals surface area contributed by atoms with Crippen molar-refractivity contribution >= 4 is 11.6 Å². The van der Waals surface area contributed by atoms with Crippen LogP contribution >= 0.6 is 0 Å². The second-order valence-corrected chi connectivity index (χ2v) is 15.7. The molecule has 0 radical (unpaired) electrons. The van der Waals surface area contributed by atoms with Crippen LogP contribution in [0.2, 0.25) is 0 Å². The maximum absolute atomic E-state index is 12.8. The molecular formula is C39H54N2O4. The van der Waals surface area contributed by atoms with Gasteiger partial charge in [-0.2, -0.15) is 0 Å². The van der Waals surface area contributed by atoms with Crippen LogP contribution in [0.5, 0.6) is 0 Å². The van der Waals surface area contributed by atoms with Gasteiger partial charge in [0.2, 0.25) is 0 Å². The van der Waals surface area contributed by atoms with Gasteiger partial charge in [-0.3, -0.25) is 4.79 Å². The Hall–Kier alpha value is -2.62. The van der Waals surface area contributed by atoms with Gasteiger partial charge in [0.15, 0.2) is 6.61 Å². The summed E-state index contributed by atoms with van der Waals surface area (Å²) in [5, 5.41) is 18.8. The molecule has 1 aromatic carbocycles. The summed E-state index contributed by atoms with van der Waals surface area (Å²) in [5.41, 5.74) is 2.80. The van der Waals surface area contributed by atoms with Gasteiger partial charge < -0.3 is 20.0 Å². The maximum atomic E-state index is 12.8. The van der Waals surface area contributed by atoms with E-state index >= 15 is 0 Å². The molecule has 244 valence electrons. The van der Waals surface area contributed by atoms with E-state index in [2.05, 4.69) is 80.5 Å². The lowest BCUT2D eigenvalue weighted by atomic mass is 9.46. The van der Waals surface area contributed by atoms with E-state index in [1.807, 2.05) is 0 Å². The smallest absolute Gasteiger partial charge is 0.260 e. The number of ether oxygens (including phenoxy) is 1. The maximum Gasteiger partial charge on any atom is 0.260 e. The topological polar surface area (TPSA) is 80.2 Å². The monoisotopic (exact) mass is 614 g/mol. The number of benzene rings is 1. The molecule has 1 amide bonds. The van der Waals surface area contributed by atoms with E-state index in [4.69, 9.17) is 16.0 Å². The number of fused-ring (bicyclic) bond motifs is 5. The van der Waals surface area contributed by atoms with Crippen molar-refractivity contribution in [1.29, 1.82) is 0 Å². The first-order valence-electron chi connectivity index (χ1n) is 17.6. The predicted molar refractivity (Wildman–Crippen MR) is 178 cm³/mol. The molecule has 0 aromatic heterocycles. The van der Waals surface area contributed by atoms with Gasteiger partial charge in [-0.25, -0.2) is 0 Å². The molecule has 2 N–H and O–H groups in total. The molecule has 45 heavy (non-hydrogen) atoms. The Balaban J connectivity index is 1.03. The molecular weight excluding hydrogens is 560 g/mol. The van der Waals surface area contributed by atoms with E-state index < -0.39 is 5.60 Å². The Morgan fingerprint density at radius 3 is 2.64 bits per heavy atom. The molecule has 4 fully saturated rings. The van der Waals surface area contributed by atoms with E-state index in [1.165, 1.54) is 11.1 Å². The van der Waals surface area contributed by atoms with Gasteiger partial charge in [-0.1, -0.05) is 74.7 Å². The normalized spacial score (nSPS) is 40.1. The molecule has 6 rings (SSSR count). The van der Waals surface area contributed by atoms with E-state index in [0.717, 1.165) is 82.9 Å². The second-order valence-electron chi connectivity index (χ2n) is 15.7. The molecule has 1 aromatic rings. The molecule has 4 aliphatic carbocycles. The number of hydrogen-bond acceptors (Lipinski definition) is 5. The van der Waals surface area contributed by atoms with Gasteiger partial charge in [0.1, 0.15) is 5.60 Å². The molecule has 6 heteroatoms. The summed E-state index contributed by atoms with van der Waals surface area (Å²) in [6.07, 6.45) is 19.2. The lowest BCUT2D eigenvalue weighted by Crippen LogP contribution is -2.54. The minimum Gasteiger partial charge on any atom is -0.385 e. The molecule has 8 atom stereocenters. The third kappa shape index (κ3) is 5.78. The molecule has 0 unspecified atom stereocenters. The highest BCUT2D eigenvalue weighted by Gasteiger charge is 2.63. The summed E-state index contributed by atoms with van der Waals surface area (Å²) >= 11 is 0. The third-order valence-corrected chi connectivity index (χ3v) is 13.3. The van der Waals surface area contributed by atoms with Crippen LogP contribution in [0.25, 0.3) is 0 Å². The fraction of sp³-hybridized carbons (Fsp3) is 0.692. The predicted octanol–water partition coefficient (Wildman–Crippen LogP) is 6.97. The van der Waals surface area contributed by atoms with Crippen molar-refractivity contribution in [3.05, 3.63) is 47.5 Å². The van der Waals surface area contributed by atoms with Crippen molar-refractivity contribution in [2.75, 3.05) is 19.8 Å². The summed E-state index contributed by atoms with van der Waals surface area (Å²) in [7, 11) is 0. The summed E-state index contributed by atoms with van der Waals surface area (Å²) < 4.78 is 6.11. The third-order valence-electron chi connectivity index (χ3n) is 13.3. The van der Waals surface area contributed by atoms with Crippen molar-refractivity contribution in [2.45, 2.75) is 115 Å². The Bertz CT molecular complexity index is 1350. The van der Waals surface area contributed by atoms with Crippen molar-refractivity contribution in [3.63, 3.8) is 0 Å². The zero-order valence-electron chi connectivity index (χ0n) is 27.9. The number of carbonyl (C=O) groups excluding carboxylic acids is 1. The van der Waals surface area contributed by atoms with E-state index in [-0.39, 0.29) is 34.9 Å². The summed E-state index contributed by atoms with van der Waals surface area (Å²) in [6.45, 7) is 10.4. The number of carbonyl (C=O) groups is 1. The van der Waals surface area contributed by atoms with Crippen molar-refractivity contribution < 1.29 is 19.5 Å². The number of aliphatic hydroxyl groups is 1. The molecule has 0 spiro atoms. The van der Waals surface area contributed by atoms with Crippen molar-refractivity contribution in [2.24, 2.45) is 39.7 Å². The number of allylic oxidation sites excluding steroid dienone is 2. The zero-order chi connectivity index (χ0) is 31.9. The molecule has 3 saturated carbocycles. The highest BCUT2D eigenvalue weighted by Crippen LogP contribution is 2.67. The van der Waals surface area contributed by atoms with Crippen LogP contribution < -0.4 is 5.32 Å². The summed E-state index contributed by atoms with van der Waals surface area (Å²) in [4.78, 5) is 18.4. The van der Waals surface area contributed by atoms with Crippen LogP contribution in [0.3, 0.4) is 0 Å².